The number of anilines is 2. The van der Waals surface area contributed by atoms with Crippen molar-refractivity contribution in [2.24, 2.45) is 10.7 Å². The Morgan fingerprint density at radius 1 is 1.21 bits per heavy atom. The molecule has 4 N–H and O–H groups in total. The molecule has 0 aliphatic carbocycles. The van der Waals surface area contributed by atoms with Crippen molar-refractivity contribution in [3.8, 4) is 11.6 Å². The number of pyridine rings is 1. The molecule has 178 valence electrons. The van der Waals surface area contributed by atoms with Gasteiger partial charge in [0.1, 0.15) is 27.4 Å². The fraction of sp³-hybridized carbons (Fsp3) is 0.391. The molecule has 0 radical (unpaired) electrons. The second-order valence-corrected chi connectivity index (χ2v) is 12.1. The van der Waals surface area contributed by atoms with Crippen LogP contribution in [0.1, 0.15) is 39.7 Å². The first-order valence-corrected chi connectivity index (χ1v) is 12.5. The predicted molar refractivity (Wildman–Crippen MR) is 129 cm³/mol. The number of rotatable bonds is 2. The van der Waals surface area contributed by atoms with E-state index in [1.165, 1.54) is 6.20 Å². The fourth-order valence-electron chi connectivity index (χ4n) is 4.69. The molecule has 11 heteroatoms. The quantitative estimate of drug-likeness (QED) is 0.500. The van der Waals surface area contributed by atoms with Crippen LogP contribution in [0.3, 0.4) is 0 Å². The number of benzene rings is 1. The highest BCUT2D eigenvalue weighted by molar-refractivity contribution is 7.94. The van der Waals surface area contributed by atoms with Crippen LogP contribution in [0, 0.1) is 0 Å². The monoisotopic (exact) mass is 482 g/mol. The summed E-state index contributed by atoms with van der Waals surface area (Å²) >= 11 is 0. The van der Waals surface area contributed by atoms with Crippen LogP contribution in [0.2, 0.25) is 0 Å². The van der Waals surface area contributed by atoms with Crippen LogP contribution in [0.5, 0.6) is 11.6 Å². The maximum atomic E-state index is 13.7. The van der Waals surface area contributed by atoms with Gasteiger partial charge in [-0.1, -0.05) is 0 Å². The number of nitrogens with one attached hydrogen (secondary N) is 1. The molecule has 0 fully saturated rings. The van der Waals surface area contributed by atoms with Gasteiger partial charge in [-0.15, -0.1) is 0 Å². The number of hydrogen-bond acceptors (Lipinski definition) is 10. The highest BCUT2D eigenvalue weighted by atomic mass is 32.2. The number of amidine groups is 1. The highest BCUT2D eigenvalue weighted by Crippen LogP contribution is 2.49. The first-order valence-electron chi connectivity index (χ1n) is 10.9. The minimum Gasteiger partial charge on any atom is -0.492 e. The Hall–Kier alpha value is -3.47. The summed E-state index contributed by atoms with van der Waals surface area (Å²) in [5.41, 5.74) is 7.32. The third-order valence-electron chi connectivity index (χ3n) is 6.79. The molecule has 0 amide bonds. The SMILES string of the molecule is C[C@H]1C[C@@H]2[C@](C)(N=C(N)C(C)(C)S2(=O)=O)c2cc(Nc3nccc4nc(O)cnc34)ccc2O1. The summed E-state index contributed by atoms with van der Waals surface area (Å²) in [6.07, 6.45) is 2.78. The van der Waals surface area contributed by atoms with Crippen LogP contribution in [0.15, 0.2) is 41.7 Å². The Kier molecular flexibility index (Phi) is 4.77. The lowest BCUT2D eigenvalue weighted by Gasteiger charge is -2.43. The molecule has 0 saturated heterocycles. The van der Waals surface area contributed by atoms with E-state index in [2.05, 4.69) is 20.3 Å². The van der Waals surface area contributed by atoms with Gasteiger partial charge in [0.25, 0.3) is 0 Å². The summed E-state index contributed by atoms with van der Waals surface area (Å²) < 4.78 is 32.2. The van der Waals surface area contributed by atoms with Crippen molar-refractivity contribution < 1.29 is 18.3 Å². The molecular formula is C23H26N6O4S. The van der Waals surface area contributed by atoms with Crippen molar-refractivity contribution >= 4 is 38.2 Å². The molecule has 3 aromatic rings. The van der Waals surface area contributed by atoms with Gasteiger partial charge in [0.15, 0.2) is 15.7 Å². The first-order chi connectivity index (χ1) is 15.9. The number of hydrogen-bond donors (Lipinski definition) is 3. The summed E-state index contributed by atoms with van der Waals surface area (Å²) in [6, 6.07) is 7.08. The molecule has 0 unspecified atom stereocenters. The van der Waals surface area contributed by atoms with Crippen LogP contribution in [0.25, 0.3) is 11.0 Å². The van der Waals surface area contributed by atoms with Crippen molar-refractivity contribution in [2.45, 2.75) is 55.8 Å². The Morgan fingerprint density at radius 3 is 2.74 bits per heavy atom. The number of aromatic nitrogens is 3. The van der Waals surface area contributed by atoms with E-state index in [9.17, 15) is 13.5 Å². The van der Waals surface area contributed by atoms with E-state index >= 15 is 0 Å². The number of aromatic hydroxyl groups is 1. The Labute approximate surface area is 197 Å². The van der Waals surface area contributed by atoms with Gasteiger partial charge in [-0.25, -0.2) is 23.4 Å². The number of nitrogens with zero attached hydrogens (tertiary/aromatic N) is 4. The lowest BCUT2D eigenvalue weighted by atomic mass is 9.85. The topological polar surface area (TPSA) is 153 Å². The Balaban J connectivity index is 1.66. The summed E-state index contributed by atoms with van der Waals surface area (Å²) in [7, 11) is -3.68. The standard InChI is InChI=1S/C23H26N6O4S/c1-12-9-17-23(4,29-21(24)22(2,3)34(17,31)32)14-10-13(5-6-16(14)33-12)27-20-19-15(7-8-25-20)28-18(30)11-26-19/h5-8,10-12,17H,9H2,1-4H3,(H2,24,29)(H,25,27)(H,28,30)/t12-,17+,23+/m0/s1. The minimum absolute atomic E-state index is 0.0796. The van der Waals surface area contributed by atoms with E-state index in [-0.39, 0.29) is 17.8 Å². The fourth-order valence-corrected chi connectivity index (χ4v) is 7.04. The molecule has 2 aromatic heterocycles. The summed E-state index contributed by atoms with van der Waals surface area (Å²) in [4.78, 5) is 17.4. The number of sulfone groups is 1. The molecule has 0 bridgehead atoms. The molecule has 0 spiro atoms. The largest absolute Gasteiger partial charge is 0.492 e. The molecule has 2 aliphatic heterocycles. The summed E-state index contributed by atoms with van der Waals surface area (Å²) in [5, 5.41) is 12.1. The zero-order chi connectivity index (χ0) is 24.5. The van der Waals surface area contributed by atoms with Crippen LogP contribution in [0.4, 0.5) is 11.5 Å². The smallest absolute Gasteiger partial charge is 0.230 e. The zero-order valence-corrected chi connectivity index (χ0v) is 20.1. The van der Waals surface area contributed by atoms with Crippen molar-refractivity contribution in [3.05, 3.63) is 42.2 Å². The first kappa shape index (κ1) is 22.3. The number of fused-ring (bicyclic) bond motifs is 4. The van der Waals surface area contributed by atoms with Gasteiger partial charge in [0.2, 0.25) is 5.88 Å². The zero-order valence-electron chi connectivity index (χ0n) is 19.3. The normalized spacial score (nSPS) is 27.0. The molecule has 1 aromatic carbocycles. The number of nitrogens with two attached hydrogens (primary N) is 1. The maximum Gasteiger partial charge on any atom is 0.230 e. The minimum atomic E-state index is -3.68. The second-order valence-electron chi connectivity index (χ2n) is 9.44. The van der Waals surface area contributed by atoms with Crippen molar-refractivity contribution in [1.82, 2.24) is 15.0 Å². The van der Waals surface area contributed by atoms with Crippen LogP contribution >= 0.6 is 0 Å². The predicted octanol–water partition coefficient (Wildman–Crippen LogP) is 2.79. The molecule has 4 heterocycles. The van der Waals surface area contributed by atoms with Crippen molar-refractivity contribution in [1.29, 1.82) is 0 Å². The molecule has 0 saturated carbocycles. The van der Waals surface area contributed by atoms with Gasteiger partial charge < -0.3 is 20.9 Å². The molecule has 5 rings (SSSR count). The van der Waals surface area contributed by atoms with Gasteiger partial charge in [0.05, 0.1) is 23.1 Å². The van der Waals surface area contributed by atoms with E-state index in [0.717, 1.165) is 0 Å². The average molecular weight is 483 g/mol. The van der Waals surface area contributed by atoms with Gasteiger partial charge in [0, 0.05) is 23.9 Å². The van der Waals surface area contributed by atoms with E-state index in [4.69, 9.17) is 15.5 Å². The maximum absolute atomic E-state index is 13.7. The molecule has 2 aliphatic rings. The Bertz CT molecular complexity index is 1460. The third-order valence-corrected chi connectivity index (χ3v) is 9.82. The lowest BCUT2D eigenvalue weighted by molar-refractivity contribution is 0.213. The van der Waals surface area contributed by atoms with Gasteiger partial charge in [-0.05, 0) is 52.0 Å². The molecule has 3 atom stereocenters. The van der Waals surface area contributed by atoms with E-state index < -0.39 is 25.4 Å². The van der Waals surface area contributed by atoms with Crippen molar-refractivity contribution in [2.75, 3.05) is 5.32 Å². The van der Waals surface area contributed by atoms with E-state index in [1.807, 2.05) is 19.1 Å². The average Bonchev–Trinajstić information content (AvgIpc) is 2.87. The summed E-state index contributed by atoms with van der Waals surface area (Å²) in [5.74, 6) is 0.896. The summed E-state index contributed by atoms with van der Waals surface area (Å²) in [6.45, 7) is 6.86. The number of aliphatic imine (C=N–C) groups is 1. The van der Waals surface area contributed by atoms with Gasteiger partial charge >= 0.3 is 0 Å². The molecule has 34 heavy (non-hydrogen) atoms. The Morgan fingerprint density at radius 2 is 1.97 bits per heavy atom. The van der Waals surface area contributed by atoms with Crippen molar-refractivity contribution in [3.63, 3.8) is 0 Å². The highest BCUT2D eigenvalue weighted by Gasteiger charge is 2.58. The van der Waals surface area contributed by atoms with E-state index in [1.54, 1.807) is 39.1 Å². The number of ether oxygens (including phenoxy) is 1. The van der Waals surface area contributed by atoms with Gasteiger partial charge in [-0.2, -0.15) is 0 Å². The lowest BCUT2D eigenvalue weighted by Crippen LogP contribution is -2.60. The van der Waals surface area contributed by atoms with Crippen LogP contribution in [-0.4, -0.2) is 50.4 Å². The van der Waals surface area contributed by atoms with E-state index in [0.29, 0.717) is 40.3 Å². The molecule has 10 nitrogen and oxygen atoms in total. The third kappa shape index (κ3) is 3.17. The van der Waals surface area contributed by atoms with Crippen LogP contribution in [-0.2, 0) is 15.4 Å². The molecular weight excluding hydrogens is 456 g/mol. The second kappa shape index (κ2) is 7.26. The van der Waals surface area contributed by atoms with Gasteiger partial charge in [-0.3, -0.25) is 4.99 Å². The van der Waals surface area contributed by atoms with Crippen LogP contribution < -0.4 is 15.8 Å².